The number of ketones is 1. The summed E-state index contributed by atoms with van der Waals surface area (Å²) in [6, 6.07) is 12.1. The number of carbonyl (C=O) groups excluding carboxylic acids is 2. The predicted molar refractivity (Wildman–Crippen MR) is 116 cm³/mol. The van der Waals surface area contributed by atoms with Gasteiger partial charge in [-0.25, -0.2) is 13.1 Å². The standard InChI is InChI=1S/C22H27N3O5S/c26-18-9-7-17(8-10-18)15-19(27)16-24-31(29,30)21-6-2-1-5-20(21)22(28)23-11-14-25-12-3-4-13-25/h1-2,5-10,24,26H,3-4,11-16H2,(H,23,28). The molecule has 1 amide bonds. The fraction of sp³-hybridized carbons (Fsp3) is 0.364. The van der Waals surface area contributed by atoms with E-state index in [1.54, 1.807) is 18.2 Å². The highest BCUT2D eigenvalue weighted by molar-refractivity contribution is 7.89. The molecule has 0 atom stereocenters. The first-order valence-corrected chi connectivity index (χ1v) is 11.7. The maximum atomic E-state index is 12.8. The van der Waals surface area contributed by atoms with Crippen molar-refractivity contribution in [2.75, 3.05) is 32.7 Å². The van der Waals surface area contributed by atoms with E-state index in [1.165, 1.54) is 30.3 Å². The van der Waals surface area contributed by atoms with Crippen LogP contribution in [0.3, 0.4) is 0 Å². The summed E-state index contributed by atoms with van der Waals surface area (Å²) in [5.74, 6) is -0.704. The highest BCUT2D eigenvalue weighted by atomic mass is 32.2. The summed E-state index contributed by atoms with van der Waals surface area (Å²) >= 11 is 0. The molecule has 2 aromatic rings. The fourth-order valence-electron chi connectivity index (χ4n) is 3.47. The van der Waals surface area contributed by atoms with Crippen molar-refractivity contribution in [2.45, 2.75) is 24.2 Å². The molecule has 9 heteroatoms. The van der Waals surface area contributed by atoms with E-state index in [2.05, 4.69) is 14.9 Å². The van der Waals surface area contributed by atoms with Crippen LogP contribution in [0.1, 0.15) is 28.8 Å². The monoisotopic (exact) mass is 445 g/mol. The lowest BCUT2D eigenvalue weighted by Crippen LogP contribution is -2.35. The van der Waals surface area contributed by atoms with Crippen LogP contribution in [-0.2, 0) is 21.2 Å². The van der Waals surface area contributed by atoms with Crippen molar-refractivity contribution < 1.29 is 23.1 Å². The number of rotatable bonds is 10. The zero-order valence-electron chi connectivity index (χ0n) is 17.2. The number of sulfonamides is 1. The Morgan fingerprint density at radius 2 is 1.68 bits per heavy atom. The number of Topliss-reactive ketones (excluding diaryl/α,β-unsaturated/α-hetero) is 1. The van der Waals surface area contributed by atoms with Crippen molar-refractivity contribution >= 4 is 21.7 Å². The quantitative estimate of drug-likeness (QED) is 0.508. The summed E-state index contributed by atoms with van der Waals surface area (Å²) in [7, 11) is -4.05. The highest BCUT2D eigenvalue weighted by Crippen LogP contribution is 2.16. The van der Waals surface area contributed by atoms with E-state index in [1.807, 2.05) is 0 Å². The van der Waals surface area contributed by atoms with Crippen molar-refractivity contribution in [3.8, 4) is 5.75 Å². The van der Waals surface area contributed by atoms with E-state index in [4.69, 9.17) is 0 Å². The second-order valence-corrected chi connectivity index (χ2v) is 9.24. The lowest BCUT2D eigenvalue weighted by atomic mass is 10.1. The number of hydrogen-bond acceptors (Lipinski definition) is 6. The van der Waals surface area contributed by atoms with Gasteiger partial charge in [0.05, 0.1) is 17.0 Å². The zero-order chi connectivity index (χ0) is 22.3. The summed E-state index contributed by atoms with van der Waals surface area (Å²) in [5.41, 5.74) is 0.710. The molecule has 8 nitrogen and oxygen atoms in total. The van der Waals surface area contributed by atoms with Gasteiger partial charge in [-0.05, 0) is 55.8 Å². The molecule has 1 aliphatic rings. The Balaban J connectivity index is 1.59. The molecule has 3 N–H and O–H groups in total. The van der Waals surface area contributed by atoms with Crippen LogP contribution in [0, 0.1) is 0 Å². The van der Waals surface area contributed by atoms with Crippen LogP contribution in [0.15, 0.2) is 53.4 Å². The van der Waals surface area contributed by atoms with E-state index < -0.39 is 22.5 Å². The van der Waals surface area contributed by atoms with Gasteiger partial charge in [-0.3, -0.25) is 9.59 Å². The minimum absolute atomic E-state index is 0.0292. The van der Waals surface area contributed by atoms with Gasteiger partial charge < -0.3 is 15.3 Å². The molecule has 0 radical (unpaired) electrons. The van der Waals surface area contributed by atoms with Gasteiger partial charge in [-0.15, -0.1) is 0 Å². The SMILES string of the molecule is O=C(CNS(=O)(=O)c1ccccc1C(=O)NCCN1CCCC1)Cc1ccc(O)cc1. The molecule has 1 saturated heterocycles. The maximum absolute atomic E-state index is 12.8. The van der Waals surface area contributed by atoms with Crippen LogP contribution in [0.5, 0.6) is 5.75 Å². The van der Waals surface area contributed by atoms with Gasteiger partial charge >= 0.3 is 0 Å². The molecule has 0 saturated carbocycles. The first-order chi connectivity index (χ1) is 14.8. The minimum atomic E-state index is -4.05. The number of phenols is 1. The molecular formula is C22H27N3O5S. The Bertz CT molecular complexity index is 1020. The summed E-state index contributed by atoms with van der Waals surface area (Å²) < 4.78 is 27.8. The molecule has 0 aromatic heterocycles. The summed E-state index contributed by atoms with van der Waals surface area (Å²) in [6.07, 6.45) is 2.35. The molecule has 0 aliphatic carbocycles. The van der Waals surface area contributed by atoms with E-state index >= 15 is 0 Å². The average Bonchev–Trinajstić information content (AvgIpc) is 3.27. The molecule has 1 aliphatic heterocycles. The third-order valence-electron chi connectivity index (χ3n) is 5.13. The topological polar surface area (TPSA) is 116 Å². The predicted octanol–water partition coefficient (Wildman–Crippen LogP) is 1.31. The molecule has 1 fully saturated rings. The number of likely N-dealkylation sites (tertiary alicyclic amines) is 1. The molecule has 1 heterocycles. The minimum Gasteiger partial charge on any atom is -0.508 e. The largest absolute Gasteiger partial charge is 0.508 e. The van der Waals surface area contributed by atoms with Crippen LogP contribution < -0.4 is 10.0 Å². The van der Waals surface area contributed by atoms with Gasteiger partial charge in [0.1, 0.15) is 5.75 Å². The highest BCUT2D eigenvalue weighted by Gasteiger charge is 2.23. The molecule has 0 bridgehead atoms. The lowest BCUT2D eigenvalue weighted by molar-refractivity contribution is -0.117. The van der Waals surface area contributed by atoms with Gasteiger partial charge in [0, 0.05) is 19.5 Å². The first-order valence-electron chi connectivity index (χ1n) is 10.2. The smallest absolute Gasteiger partial charge is 0.252 e. The van der Waals surface area contributed by atoms with Crippen LogP contribution in [0.2, 0.25) is 0 Å². The number of nitrogens with zero attached hydrogens (tertiary/aromatic N) is 1. The normalized spacial score (nSPS) is 14.5. The van der Waals surface area contributed by atoms with Gasteiger partial charge in [-0.1, -0.05) is 24.3 Å². The molecule has 2 aromatic carbocycles. The third-order valence-corrected chi connectivity index (χ3v) is 6.59. The zero-order valence-corrected chi connectivity index (χ0v) is 18.0. The van der Waals surface area contributed by atoms with Crippen LogP contribution in [0.4, 0.5) is 0 Å². The summed E-state index contributed by atoms with van der Waals surface area (Å²) in [6.45, 7) is 2.80. The molecule has 31 heavy (non-hydrogen) atoms. The Hall–Kier alpha value is -2.75. The molecular weight excluding hydrogens is 418 g/mol. The Morgan fingerprint density at radius 1 is 1.00 bits per heavy atom. The molecule has 0 spiro atoms. The van der Waals surface area contributed by atoms with E-state index in [0.29, 0.717) is 12.1 Å². The van der Waals surface area contributed by atoms with Crippen LogP contribution >= 0.6 is 0 Å². The number of amides is 1. The lowest BCUT2D eigenvalue weighted by Gasteiger charge is -2.15. The van der Waals surface area contributed by atoms with E-state index in [-0.39, 0.29) is 28.4 Å². The number of phenolic OH excluding ortho intramolecular Hbond substituents is 1. The number of carbonyl (C=O) groups is 2. The first kappa shape index (κ1) is 22.9. The summed E-state index contributed by atoms with van der Waals surface area (Å²) in [5, 5.41) is 12.1. The molecule has 3 rings (SSSR count). The van der Waals surface area contributed by atoms with E-state index in [0.717, 1.165) is 32.5 Å². The Morgan fingerprint density at radius 3 is 2.39 bits per heavy atom. The fourth-order valence-corrected chi connectivity index (χ4v) is 4.69. The van der Waals surface area contributed by atoms with Crippen molar-refractivity contribution in [3.05, 3.63) is 59.7 Å². The molecule has 166 valence electrons. The van der Waals surface area contributed by atoms with Gasteiger partial charge in [0.25, 0.3) is 5.91 Å². The number of aromatic hydroxyl groups is 1. The summed E-state index contributed by atoms with van der Waals surface area (Å²) in [4.78, 5) is 26.9. The second-order valence-electron chi connectivity index (χ2n) is 7.51. The van der Waals surface area contributed by atoms with Crippen LogP contribution in [0.25, 0.3) is 0 Å². The van der Waals surface area contributed by atoms with E-state index in [9.17, 15) is 23.1 Å². The number of hydrogen-bond donors (Lipinski definition) is 3. The van der Waals surface area contributed by atoms with Crippen molar-refractivity contribution in [3.63, 3.8) is 0 Å². The van der Waals surface area contributed by atoms with Crippen molar-refractivity contribution in [1.29, 1.82) is 0 Å². The van der Waals surface area contributed by atoms with Crippen molar-refractivity contribution in [2.24, 2.45) is 0 Å². The van der Waals surface area contributed by atoms with Crippen LogP contribution in [-0.4, -0.2) is 62.8 Å². The van der Waals surface area contributed by atoms with Gasteiger partial charge in [0.2, 0.25) is 10.0 Å². The number of nitrogens with one attached hydrogen (secondary N) is 2. The Kier molecular flexibility index (Phi) is 7.78. The van der Waals surface area contributed by atoms with Gasteiger partial charge in [-0.2, -0.15) is 0 Å². The maximum Gasteiger partial charge on any atom is 0.252 e. The number of benzene rings is 2. The average molecular weight is 446 g/mol. The molecule has 0 unspecified atom stereocenters. The van der Waals surface area contributed by atoms with Crippen molar-refractivity contribution in [1.82, 2.24) is 14.9 Å². The Labute approximate surface area is 182 Å². The third kappa shape index (κ3) is 6.61. The van der Waals surface area contributed by atoms with Gasteiger partial charge in [0.15, 0.2) is 5.78 Å². The second kappa shape index (κ2) is 10.5.